The fourth-order valence-corrected chi connectivity index (χ4v) is 7.82. The molecule has 0 spiro atoms. The van der Waals surface area contributed by atoms with E-state index in [4.69, 9.17) is 32.2 Å². The largest absolute Gasteiger partial charge is 0.395 e. The zero-order chi connectivity index (χ0) is 39.3. The topological polar surface area (TPSA) is 223 Å². The molecule has 2 atom stereocenters. The maximum Gasteiger partial charge on any atom is 0.245 e. The van der Waals surface area contributed by atoms with Gasteiger partial charge in [-0.1, -0.05) is 0 Å². The van der Waals surface area contributed by atoms with Crippen LogP contribution in [0.4, 0.5) is 29.2 Å². The van der Waals surface area contributed by atoms with Gasteiger partial charge in [-0.15, -0.1) is 10.2 Å². The number of imidazole rings is 2. The van der Waals surface area contributed by atoms with Crippen LogP contribution in [0.2, 0.25) is 5.28 Å². The van der Waals surface area contributed by atoms with Crippen LogP contribution in [0.25, 0.3) is 11.0 Å². The normalized spacial score (nSPS) is 23.7. The number of hydrogen-bond donors (Lipinski definition) is 5. The second kappa shape index (κ2) is 17.1. The second-order valence-electron chi connectivity index (χ2n) is 14.9. The monoisotopic (exact) mass is 792 g/mol. The van der Waals surface area contributed by atoms with Crippen molar-refractivity contribution in [3.63, 3.8) is 0 Å². The Morgan fingerprint density at radius 2 is 1.39 bits per heavy atom. The Morgan fingerprint density at radius 3 is 1.91 bits per heavy atom. The standard InChI is InChI=1S/C19H22N8O.C14H12ClN7.C5H11NO/c20-9-13-7-15(8-13)25-10-17(21-12-25)22-18-16-4-2-6-27(16)24-19(23-18)26-5-1-3-14(26)11-28;15-14-19-13(11-2-1-3-22(11)20-14)18-12-7-21(8-17-12)10-4-9(5-10)6-16;7-4-5-2-1-3-6-5/h2,4,6,10,12-15,28H,1,3,5,7-8,11H2,(H,22,23,24);1-3,7-10H,4-5H2,(H,18,19,20);5-7H,1-4H2/t13?,14-,15?;;5-/m0.0/s1. The Hall–Kier alpha value is -5.79. The van der Waals surface area contributed by atoms with Crippen molar-refractivity contribution in [3.05, 3.63) is 67.0 Å². The molecule has 5 N–H and O–H groups in total. The quantitative estimate of drug-likeness (QED) is 0.135. The van der Waals surface area contributed by atoms with E-state index in [0.29, 0.717) is 54.0 Å². The SMILES string of the molecule is N#CC1CC(n2cnc(Nc3nc(Cl)nn4cccc34)c2)C1.N#CC1CC(n2cnc(Nc3nc(N4CCC[C@H]4CO)nn4cccc34)c2)C1.OC[C@@H]1CCCN1. The lowest BCUT2D eigenvalue weighted by atomic mass is 9.81. The summed E-state index contributed by atoms with van der Waals surface area (Å²) in [5.74, 6) is 3.65. The lowest BCUT2D eigenvalue weighted by Gasteiger charge is -2.31. The van der Waals surface area contributed by atoms with Crippen molar-refractivity contribution in [2.24, 2.45) is 11.8 Å². The van der Waals surface area contributed by atoms with Crippen LogP contribution in [0.15, 0.2) is 61.7 Å². The average Bonchev–Trinajstić information content (AvgIpc) is 4.04. The Kier molecular flexibility index (Phi) is 11.5. The number of nitrogens with zero attached hydrogens (tertiary/aromatic N) is 13. The van der Waals surface area contributed by atoms with Crippen LogP contribution in [0.3, 0.4) is 0 Å². The van der Waals surface area contributed by atoms with E-state index in [1.807, 2.05) is 53.6 Å². The zero-order valence-corrected chi connectivity index (χ0v) is 32.1. The van der Waals surface area contributed by atoms with Crippen LogP contribution < -0.4 is 20.9 Å². The first kappa shape index (κ1) is 38.1. The number of rotatable bonds is 9. The summed E-state index contributed by atoms with van der Waals surface area (Å²) in [6, 6.07) is 13.4. The molecule has 0 amide bonds. The molecule has 18 nitrogen and oxygen atoms in total. The highest BCUT2D eigenvalue weighted by Crippen LogP contribution is 2.38. The van der Waals surface area contributed by atoms with E-state index in [1.54, 1.807) is 21.7 Å². The second-order valence-corrected chi connectivity index (χ2v) is 15.2. The van der Waals surface area contributed by atoms with Gasteiger partial charge in [0, 0.05) is 49.5 Å². The van der Waals surface area contributed by atoms with Gasteiger partial charge in [0.25, 0.3) is 0 Å². The minimum absolute atomic E-state index is 0.0618. The molecule has 8 heterocycles. The number of aliphatic hydroxyl groups excluding tert-OH is 2. The summed E-state index contributed by atoms with van der Waals surface area (Å²) in [4.78, 5) is 19.8. The molecule has 0 bridgehead atoms. The third-order valence-corrected chi connectivity index (χ3v) is 11.3. The third kappa shape index (κ3) is 8.49. The van der Waals surface area contributed by atoms with Crippen LogP contribution in [0.5, 0.6) is 0 Å². The van der Waals surface area contributed by atoms with Gasteiger partial charge in [0.15, 0.2) is 11.6 Å². The first-order valence-corrected chi connectivity index (χ1v) is 19.8. The van der Waals surface area contributed by atoms with E-state index in [0.717, 1.165) is 69.1 Å². The van der Waals surface area contributed by atoms with Gasteiger partial charge in [0.05, 0.1) is 55.9 Å². The number of aromatic nitrogens is 10. The molecular weight excluding hydrogens is 748 g/mol. The predicted molar refractivity (Wildman–Crippen MR) is 212 cm³/mol. The average molecular weight is 793 g/mol. The Morgan fingerprint density at radius 1 is 0.789 bits per heavy atom. The van der Waals surface area contributed by atoms with E-state index in [1.165, 1.54) is 6.42 Å². The lowest BCUT2D eigenvalue weighted by Crippen LogP contribution is -2.34. The van der Waals surface area contributed by atoms with Gasteiger partial charge in [0.1, 0.15) is 22.7 Å². The van der Waals surface area contributed by atoms with Crippen LogP contribution in [-0.4, -0.2) is 96.9 Å². The zero-order valence-electron chi connectivity index (χ0n) is 31.3. The Bertz CT molecular complexity index is 2350. The van der Waals surface area contributed by atoms with Crippen LogP contribution in [0.1, 0.15) is 63.5 Å². The molecule has 4 aliphatic rings. The van der Waals surface area contributed by atoms with Crippen molar-refractivity contribution in [1.82, 2.24) is 53.6 Å². The van der Waals surface area contributed by atoms with Crippen molar-refractivity contribution in [2.75, 3.05) is 41.8 Å². The highest BCUT2D eigenvalue weighted by atomic mass is 35.5. The fraction of sp³-hybridized carbons (Fsp3) is 0.474. The molecule has 10 rings (SSSR count). The minimum atomic E-state index is 0.0618. The number of anilines is 5. The summed E-state index contributed by atoms with van der Waals surface area (Å²) in [5.41, 5.74) is 1.69. The highest BCUT2D eigenvalue weighted by Gasteiger charge is 2.32. The van der Waals surface area contributed by atoms with E-state index in [-0.39, 0.29) is 29.8 Å². The maximum absolute atomic E-state index is 9.64. The summed E-state index contributed by atoms with van der Waals surface area (Å²) in [5, 5.41) is 54.5. The van der Waals surface area contributed by atoms with Gasteiger partial charge in [0.2, 0.25) is 11.2 Å². The summed E-state index contributed by atoms with van der Waals surface area (Å²) in [6.07, 6.45) is 19.0. The predicted octanol–water partition coefficient (Wildman–Crippen LogP) is 4.63. The summed E-state index contributed by atoms with van der Waals surface area (Å²) < 4.78 is 7.57. The van der Waals surface area contributed by atoms with E-state index >= 15 is 0 Å². The van der Waals surface area contributed by atoms with Gasteiger partial charge in [-0.3, -0.25) is 0 Å². The maximum atomic E-state index is 9.64. The molecule has 2 aliphatic carbocycles. The van der Waals surface area contributed by atoms with Gasteiger partial charge < -0.3 is 40.2 Å². The molecule has 0 aromatic carbocycles. The molecule has 57 heavy (non-hydrogen) atoms. The fourth-order valence-electron chi connectivity index (χ4n) is 7.66. The summed E-state index contributed by atoms with van der Waals surface area (Å²) >= 11 is 5.93. The van der Waals surface area contributed by atoms with Crippen molar-refractivity contribution in [2.45, 2.75) is 75.5 Å². The van der Waals surface area contributed by atoms with E-state index < -0.39 is 0 Å². The summed E-state index contributed by atoms with van der Waals surface area (Å²) in [7, 11) is 0. The third-order valence-electron chi connectivity index (χ3n) is 11.1. The molecule has 6 aromatic heterocycles. The smallest absolute Gasteiger partial charge is 0.245 e. The van der Waals surface area contributed by atoms with Crippen molar-refractivity contribution >= 4 is 51.9 Å². The first-order valence-electron chi connectivity index (χ1n) is 19.4. The first-order chi connectivity index (χ1) is 27.9. The highest BCUT2D eigenvalue weighted by molar-refractivity contribution is 6.28. The van der Waals surface area contributed by atoms with E-state index in [9.17, 15) is 5.11 Å². The Labute approximate surface area is 333 Å². The molecule has 2 saturated heterocycles. The molecule has 4 fully saturated rings. The number of halogens is 1. The van der Waals surface area contributed by atoms with Gasteiger partial charge in [-0.05, 0) is 93.8 Å². The molecular formula is C38H45ClN16O2. The van der Waals surface area contributed by atoms with Crippen LogP contribution >= 0.6 is 11.6 Å². The van der Waals surface area contributed by atoms with Crippen molar-refractivity contribution in [1.29, 1.82) is 10.5 Å². The van der Waals surface area contributed by atoms with Crippen LogP contribution in [0, 0.1) is 34.5 Å². The van der Waals surface area contributed by atoms with Crippen molar-refractivity contribution < 1.29 is 10.2 Å². The molecule has 0 radical (unpaired) electrons. The van der Waals surface area contributed by atoms with Crippen LogP contribution in [-0.2, 0) is 0 Å². The molecule has 2 aliphatic heterocycles. The molecule has 0 unspecified atom stereocenters. The summed E-state index contributed by atoms with van der Waals surface area (Å²) in [6.45, 7) is 2.34. The number of hydrogen-bond acceptors (Lipinski definition) is 14. The van der Waals surface area contributed by atoms with Gasteiger partial charge in [-0.2, -0.15) is 20.5 Å². The van der Waals surface area contributed by atoms with Gasteiger partial charge >= 0.3 is 0 Å². The number of fused-ring (bicyclic) bond motifs is 2. The number of aliphatic hydroxyl groups is 2. The minimum Gasteiger partial charge on any atom is -0.395 e. The van der Waals surface area contributed by atoms with Crippen molar-refractivity contribution in [3.8, 4) is 12.1 Å². The lowest BCUT2D eigenvalue weighted by molar-refractivity contribution is 0.248. The number of nitriles is 2. The molecule has 6 aromatic rings. The molecule has 19 heteroatoms. The molecule has 296 valence electrons. The van der Waals surface area contributed by atoms with E-state index in [2.05, 4.69) is 62.7 Å². The van der Waals surface area contributed by atoms with Gasteiger partial charge in [-0.25, -0.2) is 19.0 Å². The number of nitrogens with one attached hydrogen (secondary N) is 3. The Balaban J connectivity index is 0.000000139. The molecule has 2 saturated carbocycles.